The normalized spacial score (nSPS) is 11.3. The zero-order valence-electron chi connectivity index (χ0n) is 11.3. The van der Waals surface area contributed by atoms with E-state index in [0.717, 1.165) is 11.0 Å². The van der Waals surface area contributed by atoms with E-state index in [1.54, 1.807) is 4.40 Å². The Hall–Kier alpha value is -2.50. The first-order chi connectivity index (χ1) is 9.70. The lowest BCUT2D eigenvalue weighted by Crippen LogP contribution is -2.08. The monoisotopic (exact) mass is 270 g/mol. The molecule has 0 spiro atoms. The summed E-state index contributed by atoms with van der Waals surface area (Å²) in [6, 6.07) is 7.51. The fourth-order valence-corrected chi connectivity index (χ4v) is 2.00. The fourth-order valence-electron chi connectivity index (χ4n) is 2.00. The molecule has 6 heteroatoms. The van der Waals surface area contributed by atoms with Crippen molar-refractivity contribution in [2.75, 3.05) is 6.61 Å². The second-order valence-electron chi connectivity index (χ2n) is 4.95. The molecule has 0 atom stereocenters. The average molecular weight is 270 g/mol. The second-order valence-corrected chi connectivity index (χ2v) is 4.95. The first-order valence-corrected chi connectivity index (χ1v) is 6.42. The predicted molar refractivity (Wildman–Crippen MR) is 74.0 cm³/mol. The number of hydrogen-bond acceptors (Lipinski definition) is 5. The Labute approximate surface area is 115 Å². The summed E-state index contributed by atoms with van der Waals surface area (Å²) in [5.74, 6) is 1.02. The van der Waals surface area contributed by atoms with Crippen LogP contribution >= 0.6 is 0 Å². The SMILES string of the molecule is CC(C)COc1nc2ccccc2n2c(C=O)nnc12. The van der Waals surface area contributed by atoms with Crippen LogP contribution in [0, 0.1) is 5.92 Å². The topological polar surface area (TPSA) is 69.4 Å². The van der Waals surface area contributed by atoms with Gasteiger partial charge in [0.05, 0.1) is 17.6 Å². The van der Waals surface area contributed by atoms with Crippen molar-refractivity contribution in [1.82, 2.24) is 19.6 Å². The van der Waals surface area contributed by atoms with Crippen LogP contribution in [0.2, 0.25) is 0 Å². The Morgan fingerprint density at radius 2 is 2.10 bits per heavy atom. The van der Waals surface area contributed by atoms with Crippen molar-refractivity contribution in [3.8, 4) is 5.88 Å². The van der Waals surface area contributed by atoms with Crippen LogP contribution in [0.5, 0.6) is 5.88 Å². The maximum Gasteiger partial charge on any atom is 0.260 e. The summed E-state index contributed by atoms with van der Waals surface area (Å²) in [6.07, 6.45) is 0.679. The van der Waals surface area contributed by atoms with E-state index in [1.165, 1.54) is 0 Å². The van der Waals surface area contributed by atoms with Crippen LogP contribution in [0.3, 0.4) is 0 Å². The quantitative estimate of drug-likeness (QED) is 0.679. The molecule has 0 N–H and O–H groups in total. The Kier molecular flexibility index (Phi) is 3.06. The minimum Gasteiger partial charge on any atom is -0.475 e. The maximum atomic E-state index is 11.1. The van der Waals surface area contributed by atoms with E-state index < -0.39 is 0 Å². The highest BCUT2D eigenvalue weighted by Gasteiger charge is 2.15. The Morgan fingerprint density at radius 3 is 2.85 bits per heavy atom. The number of fused-ring (bicyclic) bond motifs is 3. The van der Waals surface area contributed by atoms with Crippen molar-refractivity contribution in [3.63, 3.8) is 0 Å². The summed E-state index contributed by atoms with van der Waals surface area (Å²) in [5, 5.41) is 7.89. The van der Waals surface area contributed by atoms with Gasteiger partial charge in [0, 0.05) is 0 Å². The van der Waals surface area contributed by atoms with Crippen molar-refractivity contribution < 1.29 is 9.53 Å². The Balaban J connectivity index is 2.28. The van der Waals surface area contributed by atoms with Gasteiger partial charge >= 0.3 is 0 Å². The van der Waals surface area contributed by atoms with E-state index >= 15 is 0 Å². The minimum atomic E-state index is 0.244. The number of carbonyl (C=O) groups excluding carboxylic acids is 1. The van der Waals surface area contributed by atoms with Gasteiger partial charge in [-0.1, -0.05) is 26.0 Å². The van der Waals surface area contributed by atoms with E-state index in [-0.39, 0.29) is 5.82 Å². The smallest absolute Gasteiger partial charge is 0.260 e. The van der Waals surface area contributed by atoms with E-state index in [1.807, 2.05) is 24.3 Å². The molecule has 0 saturated heterocycles. The van der Waals surface area contributed by atoms with Crippen LogP contribution in [0.25, 0.3) is 16.7 Å². The number of carbonyl (C=O) groups is 1. The molecule has 20 heavy (non-hydrogen) atoms. The lowest BCUT2D eigenvalue weighted by atomic mass is 10.2. The van der Waals surface area contributed by atoms with Crippen molar-refractivity contribution in [3.05, 3.63) is 30.1 Å². The highest BCUT2D eigenvalue weighted by Crippen LogP contribution is 2.23. The molecule has 0 fully saturated rings. The van der Waals surface area contributed by atoms with E-state index in [4.69, 9.17) is 4.74 Å². The van der Waals surface area contributed by atoms with Gasteiger partial charge in [0.25, 0.3) is 5.88 Å². The molecule has 0 radical (unpaired) electrons. The minimum absolute atomic E-state index is 0.244. The lowest BCUT2D eigenvalue weighted by Gasteiger charge is -2.10. The summed E-state index contributed by atoms with van der Waals surface area (Å²) in [5.41, 5.74) is 1.99. The lowest BCUT2D eigenvalue weighted by molar-refractivity contribution is 0.111. The molecule has 0 saturated carbocycles. The van der Waals surface area contributed by atoms with Crippen LogP contribution in [0.4, 0.5) is 0 Å². The molecule has 0 bridgehead atoms. The number of hydrogen-bond donors (Lipinski definition) is 0. The first-order valence-electron chi connectivity index (χ1n) is 6.42. The molecule has 2 aromatic heterocycles. The Morgan fingerprint density at radius 1 is 1.30 bits per heavy atom. The van der Waals surface area contributed by atoms with Gasteiger partial charge < -0.3 is 4.74 Å². The van der Waals surface area contributed by atoms with Gasteiger partial charge in [0.15, 0.2) is 6.29 Å². The zero-order chi connectivity index (χ0) is 14.1. The van der Waals surface area contributed by atoms with Crippen LogP contribution in [-0.2, 0) is 0 Å². The number of rotatable bonds is 4. The molecule has 1 aromatic carbocycles. The molecule has 3 rings (SSSR count). The van der Waals surface area contributed by atoms with Gasteiger partial charge in [-0.25, -0.2) is 4.98 Å². The van der Waals surface area contributed by atoms with E-state index in [9.17, 15) is 4.79 Å². The van der Waals surface area contributed by atoms with Crippen LogP contribution in [0.1, 0.15) is 24.5 Å². The molecule has 0 aliphatic carbocycles. The van der Waals surface area contributed by atoms with Crippen molar-refractivity contribution in [1.29, 1.82) is 0 Å². The molecule has 0 unspecified atom stereocenters. The largest absolute Gasteiger partial charge is 0.475 e. The molecule has 0 amide bonds. The third kappa shape index (κ3) is 1.99. The highest BCUT2D eigenvalue weighted by atomic mass is 16.5. The molecular weight excluding hydrogens is 256 g/mol. The predicted octanol–water partition coefficient (Wildman–Crippen LogP) is 2.12. The van der Waals surface area contributed by atoms with E-state index in [2.05, 4.69) is 29.0 Å². The van der Waals surface area contributed by atoms with Crippen LogP contribution in [0.15, 0.2) is 24.3 Å². The van der Waals surface area contributed by atoms with Gasteiger partial charge in [-0.15, -0.1) is 10.2 Å². The van der Waals surface area contributed by atoms with E-state index in [0.29, 0.717) is 30.3 Å². The maximum absolute atomic E-state index is 11.1. The van der Waals surface area contributed by atoms with Crippen LogP contribution < -0.4 is 4.74 Å². The zero-order valence-corrected chi connectivity index (χ0v) is 11.3. The van der Waals surface area contributed by atoms with Crippen molar-refractivity contribution >= 4 is 23.0 Å². The second kappa shape index (κ2) is 4.88. The highest BCUT2D eigenvalue weighted by molar-refractivity contribution is 5.83. The van der Waals surface area contributed by atoms with Crippen LogP contribution in [-0.4, -0.2) is 32.5 Å². The third-order valence-corrected chi connectivity index (χ3v) is 2.88. The third-order valence-electron chi connectivity index (χ3n) is 2.88. The molecular formula is C14H14N4O2. The number of nitrogens with zero attached hydrogens (tertiary/aromatic N) is 4. The number of ether oxygens (including phenoxy) is 1. The summed E-state index contributed by atoms with van der Waals surface area (Å²) < 4.78 is 7.37. The van der Waals surface area contributed by atoms with Crippen molar-refractivity contribution in [2.24, 2.45) is 5.92 Å². The summed E-state index contributed by atoms with van der Waals surface area (Å²) in [7, 11) is 0. The summed E-state index contributed by atoms with van der Waals surface area (Å²) >= 11 is 0. The molecule has 6 nitrogen and oxygen atoms in total. The first kappa shape index (κ1) is 12.5. The van der Waals surface area contributed by atoms with Gasteiger partial charge in [0.1, 0.15) is 0 Å². The molecule has 2 heterocycles. The molecule has 0 aliphatic heterocycles. The Bertz CT molecular complexity index is 779. The number of aldehydes is 1. The summed E-state index contributed by atoms with van der Waals surface area (Å²) in [4.78, 5) is 15.6. The number of para-hydroxylation sites is 2. The summed E-state index contributed by atoms with van der Waals surface area (Å²) in [6.45, 7) is 4.64. The number of aromatic nitrogens is 4. The fraction of sp³-hybridized carbons (Fsp3) is 0.286. The average Bonchev–Trinajstić information content (AvgIpc) is 2.89. The molecule has 102 valence electrons. The van der Waals surface area contributed by atoms with Gasteiger partial charge in [-0.3, -0.25) is 9.20 Å². The number of benzene rings is 1. The van der Waals surface area contributed by atoms with Crippen molar-refractivity contribution in [2.45, 2.75) is 13.8 Å². The standard InChI is InChI=1S/C14H14N4O2/c1-9(2)8-20-14-13-17-16-12(7-19)18(13)11-6-4-3-5-10(11)15-14/h3-7,9H,8H2,1-2H3. The van der Waals surface area contributed by atoms with Gasteiger partial charge in [-0.2, -0.15) is 0 Å². The molecule has 3 aromatic rings. The van der Waals surface area contributed by atoms with Gasteiger partial charge in [0.2, 0.25) is 11.5 Å². The molecule has 0 aliphatic rings. The van der Waals surface area contributed by atoms with Gasteiger partial charge in [-0.05, 0) is 18.1 Å².